The third-order valence-corrected chi connectivity index (χ3v) is 4.18. The highest BCUT2D eigenvalue weighted by atomic mass is 19.4. The number of halogens is 3. The molecule has 0 amide bonds. The molecule has 1 aromatic carbocycles. The van der Waals surface area contributed by atoms with Gasteiger partial charge in [0.15, 0.2) is 0 Å². The molecule has 1 fully saturated rings. The van der Waals surface area contributed by atoms with Gasteiger partial charge in [0.25, 0.3) is 0 Å². The van der Waals surface area contributed by atoms with E-state index < -0.39 is 24.0 Å². The number of benzene rings is 1. The van der Waals surface area contributed by atoms with Crippen molar-refractivity contribution in [2.24, 2.45) is 11.8 Å². The number of aromatic nitrogens is 2. The minimum Gasteiger partial charge on any atom is -0.481 e. The van der Waals surface area contributed by atoms with Crippen molar-refractivity contribution in [3.05, 3.63) is 48.3 Å². The van der Waals surface area contributed by atoms with Gasteiger partial charge in [0.2, 0.25) is 0 Å². The van der Waals surface area contributed by atoms with Gasteiger partial charge in [-0.1, -0.05) is 18.2 Å². The number of nitrogens with zero attached hydrogens (tertiary/aromatic N) is 3. The van der Waals surface area contributed by atoms with E-state index in [0.29, 0.717) is 5.69 Å². The number of likely N-dealkylation sites (tertiary alicyclic amines) is 1. The molecule has 8 heteroatoms. The molecule has 2 heterocycles. The van der Waals surface area contributed by atoms with Gasteiger partial charge in [-0.15, -0.1) is 0 Å². The molecule has 2 atom stereocenters. The Balaban J connectivity index is 1.71. The summed E-state index contributed by atoms with van der Waals surface area (Å²) < 4.78 is 40.6. The topological polar surface area (TPSA) is 58.4 Å². The van der Waals surface area contributed by atoms with Crippen LogP contribution in [0, 0.1) is 11.8 Å². The van der Waals surface area contributed by atoms with Gasteiger partial charge >= 0.3 is 12.1 Å². The van der Waals surface area contributed by atoms with E-state index in [1.807, 2.05) is 30.3 Å². The lowest BCUT2D eigenvalue weighted by Crippen LogP contribution is -2.33. The molecule has 0 radical (unpaired) electrons. The van der Waals surface area contributed by atoms with Crippen molar-refractivity contribution in [3.63, 3.8) is 0 Å². The Bertz CT molecular complexity index is 715. The maximum absolute atomic E-state index is 13.0. The van der Waals surface area contributed by atoms with Crippen LogP contribution in [0.25, 0.3) is 5.69 Å². The first kappa shape index (κ1) is 16.5. The van der Waals surface area contributed by atoms with Gasteiger partial charge in [0, 0.05) is 25.8 Å². The van der Waals surface area contributed by atoms with Crippen LogP contribution in [0.5, 0.6) is 0 Å². The Labute approximate surface area is 136 Å². The molecule has 1 aliphatic heterocycles. The van der Waals surface area contributed by atoms with Crippen molar-refractivity contribution in [2.75, 3.05) is 13.1 Å². The quantitative estimate of drug-likeness (QED) is 0.930. The monoisotopic (exact) mass is 339 g/mol. The smallest absolute Gasteiger partial charge is 0.393 e. The summed E-state index contributed by atoms with van der Waals surface area (Å²) in [5.74, 6) is -4.68. The van der Waals surface area contributed by atoms with Crippen molar-refractivity contribution in [3.8, 4) is 5.69 Å². The Kier molecular flexibility index (Phi) is 4.31. The molecule has 1 saturated heterocycles. The average molecular weight is 339 g/mol. The summed E-state index contributed by atoms with van der Waals surface area (Å²) in [4.78, 5) is 12.6. The molecule has 128 valence electrons. The number of carboxylic acids is 1. The van der Waals surface area contributed by atoms with Crippen LogP contribution in [0.15, 0.2) is 42.6 Å². The summed E-state index contributed by atoms with van der Waals surface area (Å²) in [5.41, 5.74) is 1.45. The van der Waals surface area contributed by atoms with Crippen molar-refractivity contribution in [1.82, 2.24) is 14.7 Å². The molecule has 2 aromatic rings. The van der Waals surface area contributed by atoms with Gasteiger partial charge in [-0.3, -0.25) is 9.69 Å². The second-order valence-electron chi connectivity index (χ2n) is 5.87. The van der Waals surface area contributed by atoms with E-state index in [-0.39, 0.29) is 19.6 Å². The van der Waals surface area contributed by atoms with E-state index in [4.69, 9.17) is 5.11 Å². The normalized spacial score (nSPS) is 22.0. The molecule has 1 N–H and O–H groups in total. The number of rotatable bonds is 4. The molecule has 5 nitrogen and oxygen atoms in total. The van der Waals surface area contributed by atoms with Gasteiger partial charge in [-0.25, -0.2) is 4.68 Å². The lowest BCUT2D eigenvalue weighted by Gasteiger charge is -2.18. The summed E-state index contributed by atoms with van der Waals surface area (Å²) in [7, 11) is 0. The summed E-state index contributed by atoms with van der Waals surface area (Å²) in [6.07, 6.45) is -2.78. The minimum absolute atomic E-state index is 0.127. The fourth-order valence-corrected chi connectivity index (χ4v) is 3.00. The zero-order valence-electron chi connectivity index (χ0n) is 12.6. The number of carboxylic acid groups (broad SMARTS) is 1. The van der Waals surface area contributed by atoms with Gasteiger partial charge in [0.05, 0.1) is 23.2 Å². The van der Waals surface area contributed by atoms with Crippen molar-refractivity contribution in [2.45, 2.75) is 12.7 Å². The van der Waals surface area contributed by atoms with Crippen LogP contribution in [0.2, 0.25) is 0 Å². The van der Waals surface area contributed by atoms with Crippen molar-refractivity contribution in [1.29, 1.82) is 0 Å². The zero-order valence-corrected chi connectivity index (χ0v) is 12.6. The standard InChI is InChI=1S/C16H16F3N3O2/c17-16(18,19)14-10-21(9-13(14)15(23)24)8-11-6-7-22(20-11)12-4-2-1-3-5-12/h1-7,13-14H,8-10H2,(H,23,24)/t13-,14-/m1/s1. The number of carbonyl (C=O) groups is 1. The molecule has 0 saturated carbocycles. The maximum Gasteiger partial charge on any atom is 0.393 e. The molecule has 1 aliphatic rings. The molecule has 24 heavy (non-hydrogen) atoms. The third kappa shape index (κ3) is 3.43. The first-order valence-corrected chi connectivity index (χ1v) is 7.46. The fourth-order valence-electron chi connectivity index (χ4n) is 3.00. The van der Waals surface area contributed by atoms with Crippen LogP contribution in [0.1, 0.15) is 5.69 Å². The Hall–Kier alpha value is -2.35. The Morgan fingerprint density at radius 3 is 2.50 bits per heavy atom. The molecule has 0 unspecified atom stereocenters. The molecular formula is C16H16F3N3O2. The van der Waals surface area contributed by atoms with Crippen LogP contribution in [-0.2, 0) is 11.3 Å². The lowest BCUT2D eigenvalue weighted by molar-refractivity contribution is -0.188. The van der Waals surface area contributed by atoms with E-state index in [1.165, 1.54) is 4.90 Å². The van der Waals surface area contributed by atoms with Crippen LogP contribution in [0.4, 0.5) is 13.2 Å². The van der Waals surface area contributed by atoms with E-state index in [2.05, 4.69) is 5.10 Å². The third-order valence-electron chi connectivity index (χ3n) is 4.18. The lowest BCUT2D eigenvalue weighted by atomic mass is 9.96. The number of para-hydroxylation sites is 1. The molecule has 0 bridgehead atoms. The largest absolute Gasteiger partial charge is 0.481 e. The van der Waals surface area contributed by atoms with E-state index in [1.54, 1.807) is 16.9 Å². The first-order chi connectivity index (χ1) is 11.3. The zero-order chi connectivity index (χ0) is 17.3. The van der Waals surface area contributed by atoms with Gasteiger partial charge in [0.1, 0.15) is 0 Å². The molecule has 1 aromatic heterocycles. The van der Waals surface area contributed by atoms with Crippen LogP contribution < -0.4 is 0 Å². The Morgan fingerprint density at radius 2 is 1.92 bits per heavy atom. The second kappa shape index (κ2) is 6.27. The van der Waals surface area contributed by atoms with Crippen LogP contribution in [-0.4, -0.2) is 45.0 Å². The van der Waals surface area contributed by atoms with Crippen LogP contribution in [0.3, 0.4) is 0 Å². The predicted octanol–water partition coefficient (Wildman–Crippen LogP) is 2.57. The van der Waals surface area contributed by atoms with Crippen molar-refractivity contribution < 1.29 is 23.1 Å². The van der Waals surface area contributed by atoms with Gasteiger partial charge in [-0.2, -0.15) is 18.3 Å². The predicted molar refractivity (Wildman–Crippen MR) is 79.5 cm³/mol. The second-order valence-corrected chi connectivity index (χ2v) is 5.87. The summed E-state index contributed by atoms with van der Waals surface area (Å²) in [5, 5.41) is 13.4. The highest BCUT2D eigenvalue weighted by molar-refractivity contribution is 5.71. The van der Waals surface area contributed by atoms with E-state index in [0.717, 1.165) is 5.69 Å². The van der Waals surface area contributed by atoms with Crippen LogP contribution >= 0.6 is 0 Å². The van der Waals surface area contributed by atoms with Gasteiger partial charge in [-0.05, 0) is 18.2 Å². The summed E-state index contributed by atoms with van der Waals surface area (Å²) >= 11 is 0. The molecule has 0 spiro atoms. The minimum atomic E-state index is -4.51. The van der Waals surface area contributed by atoms with E-state index in [9.17, 15) is 18.0 Å². The Morgan fingerprint density at radius 1 is 1.21 bits per heavy atom. The highest BCUT2D eigenvalue weighted by Crippen LogP contribution is 2.38. The number of alkyl halides is 3. The molecular weight excluding hydrogens is 323 g/mol. The molecule has 3 rings (SSSR count). The van der Waals surface area contributed by atoms with Gasteiger partial charge < -0.3 is 5.11 Å². The summed E-state index contributed by atoms with van der Waals surface area (Å²) in [6, 6.07) is 11.1. The number of aliphatic carboxylic acids is 1. The number of hydrogen-bond acceptors (Lipinski definition) is 3. The molecule has 0 aliphatic carbocycles. The van der Waals surface area contributed by atoms with E-state index >= 15 is 0 Å². The average Bonchev–Trinajstić information content (AvgIpc) is 3.15. The number of hydrogen-bond donors (Lipinski definition) is 1. The maximum atomic E-state index is 13.0. The SMILES string of the molecule is O=C(O)[C@@H]1CN(Cc2ccn(-c3ccccc3)n2)C[C@H]1C(F)(F)F. The summed E-state index contributed by atoms with van der Waals surface area (Å²) in [6.45, 7) is -0.257. The van der Waals surface area contributed by atoms with Crippen molar-refractivity contribution >= 4 is 5.97 Å². The fraction of sp³-hybridized carbons (Fsp3) is 0.375. The first-order valence-electron chi connectivity index (χ1n) is 7.46. The highest BCUT2D eigenvalue weighted by Gasteiger charge is 2.52.